The van der Waals surface area contributed by atoms with Crippen LogP contribution in [0.1, 0.15) is 15.9 Å². The molecule has 0 aliphatic heterocycles. The number of carbonyl (C=O) groups is 1. The topological polar surface area (TPSA) is 46.5 Å². The number of halogens is 2. The number of phenols is 1. The zero-order chi connectivity index (χ0) is 15.4. The number of ether oxygens (including phenoxy) is 1. The monoisotopic (exact) mass is 366 g/mol. The highest BCUT2D eigenvalue weighted by molar-refractivity contribution is 9.10. The number of hydrogen-bond acceptors (Lipinski definition) is 3. The number of phenolic OH excluding ortho intramolecular Hbond substituents is 1. The molecule has 0 radical (unpaired) electrons. The van der Waals surface area contributed by atoms with Gasteiger partial charge in [-0.15, -0.1) is 0 Å². The number of methoxy groups -OCH3 is 1. The minimum Gasteiger partial charge on any atom is -0.503 e. The van der Waals surface area contributed by atoms with E-state index >= 15 is 0 Å². The highest BCUT2D eigenvalue weighted by Gasteiger charge is 2.08. The first-order valence-corrected chi connectivity index (χ1v) is 7.23. The maximum Gasteiger partial charge on any atom is 0.185 e. The van der Waals surface area contributed by atoms with Crippen molar-refractivity contribution in [2.24, 2.45) is 0 Å². The Labute approximate surface area is 135 Å². The Morgan fingerprint density at radius 2 is 2.10 bits per heavy atom. The van der Waals surface area contributed by atoms with E-state index in [4.69, 9.17) is 16.3 Å². The zero-order valence-electron chi connectivity index (χ0n) is 11.1. The Morgan fingerprint density at radius 1 is 1.33 bits per heavy atom. The number of carbonyl (C=O) groups excluding carboxylic acids is 1. The Kier molecular flexibility index (Phi) is 5.04. The molecule has 0 atom stereocenters. The van der Waals surface area contributed by atoms with Crippen LogP contribution >= 0.6 is 27.5 Å². The van der Waals surface area contributed by atoms with Crippen LogP contribution in [0.4, 0.5) is 0 Å². The summed E-state index contributed by atoms with van der Waals surface area (Å²) in [6.45, 7) is 0. The molecule has 0 spiro atoms. The summed E-state index contributed by atoms with van der Waals surface area (Å²) in [6.07, 6.45) is 3.07. The molecule has 1 N–H and O–H groups in total. The summed E-state index contributed by atoms with van der Waals surface area (Å²) >= 11 is 9.22. The molecule has 0 fully saturated rings. The Morgan fingerprint density at radius 3 is 2.76 bits per heavy atom. The summed E-state index contributed by atoms with van der Waals surface area (Å²) in [5.41, 5.74) is 1.25. The lowest BCUT2D eigenvalue weighted by Gasteiger charge is -2.06. The van der Waals surface area contributed by atoms with E-state index in [1.807, 2.05) is 6.07 Å². The van der Waals surface area contributed by atoms with Crippen LogP contribution < -0.4 is 4.74 Å². The van der Waals surface area contributed by atoms with Crippen molar-refractivity contribution in [1.29, 1.82) is 0 Å². The predicted molar refractivity (Wildman–Crippen MR) is 87.2 cm³/mol. The molecule has 2 rings (SSSR count). The lowest BCUT2D eigenvalue weighted by Crippen LogP contribution is -1.93. The molecule has 0 saturated carbocycles. The zero-order valence-corrected chi connectivity index (χ0v) is 13.5. The molecule has 108 valence electrons. The third-order valence-corrected chi connectivity index (χ3v) is 3.59. The van der Waals surface area contributed by atoms with Crippen LogP contribution in [0.5, 0.6) is 11.5 Å². The van der Waals surface area contributed by atoms with E-state index in [0.717, 1.165) is 4.47 Å². The van der Waals surface area contributed by atoms with Gasteiger partial charge >= 0.3 is 0 Å². The Balaban J connectivity index is 2.25. The average Bonchev–Trinajstić information content (AvgIpc) is 2.48. The van der Waals surface area contributed by atoms with E-state index in [0.29, 0.717) is 11.1 Å². The van der Waals surface area contributed by atoms with Gasteiger partial charge in [-0.3, -0.25) is 4.79 Å². The van der Waals surface area contributed by atoms with Gasteiger partial charge in [0.1, 0.15) is 0 Å². The van der Waals surface area contributed by atoms with Gasteiger partial charge in [0.25, 0.3) is 0 Å². The Hall–Kier alpha value is -1.78. The van der Waals surface area contributed by atoms with Gasteiger partial charge in [-0.1, -0.05) is 45.7 Å². The molecule has 0 aliphatic carbocycles. The molecule has 0 heterocycles. The lowest BCUT2D eigenvalue weighted by atomic mass is 10.1. The molecule has 21 heavy (non-hydrogen) atoms. The molecule has 0 bridgehead atoms. The summed E-state index contributed by atoms with van der Waals surface area (Å²) in [7, 11) is 1.44. The van der Waals surface area contributed by atoms with Crippen molar-refractivity contribution in [3.05, 3.63) is 63.1 Å². The van der Waals surface area contributed by atoms with Gasteiger partial charge in [0.15, 0.2) is 17.3 Å². The Bertz CT molecular complexity index is 711. The molecule has 5 heteroatoms. The minimum absolute atomic E-state index is 0.116. The quantitative estimate of drug-likeness (QED) is 0.628. The third-order valence-electron chi connectivity index (χ3n) is 2.81. The van der Waals surface area contributed by atoms with Crippen molar-refractivity contribution in [3.63, 3.8) is 0 Å². The smallest absolute Gasteiger partial charge is 0.185 e. The van der Waals surface area contributed by atoms with E-state index in [-0.39, 0.29) is 22.3 Å². The van der Waals surface area contributed by atoms with Crippen LogP contribution in [0.2, 0.25) is 5.02 Å². The standard InChI is InChI=1S/C16H12BrClO3/c1-21-15-8-10(7-13(18)16(15)20)5-6-14(19)11-3-2-4-12(17)9-11/h2-9,20H,1H3. The van der Waals surface area contributed by atoms with Crippen LogP contribution in [0, 0.1) is 0 Å². The van der Waals surface area contributed by atoms with Crippen molar-refractivity contribution in [2.45, 2.75) is 0 Å². The van der Waals surface area contributed by atoms with E-state index < -0.39 is 0 Å². The van der Waals surface area contributed by atoms with Crippen molar-refractivity contribution < 1.29 is 14.6 Å². The second kappa shape index (κ2) is 6.78. The molecule has 0 unspecified atom stereocenters. The normalized spacial score (nSPS) is 10.8. The highest BCUT2D eigenvalue weighted by Crippen LogP contribution is 2.35. The van der Waals surface area contributed by atoms with Gasteiger partial charge < -0.3 is 9.84 Å². The average molecular weight is 368 g/mol. The molecule has 2 aromatic carbocycles. The summed E-state index contributed by atoms with van der Waals surface area (Å²) in [6, 6.07) is 10.3. The first kappa shape index (κ1) is 15.6. The van der Waals surface area contributed by atoms with Gasteiger partial charge in [0.05, 0.1) is 12.1 Å². The van der Waals surface area contributed by atoms with Crippen molar-refractivity contribution >= 4 is 39.4 Å². The van der Waals surface area contributed by atoms with Gasteiger partial charge in [0, 0.05) is 10.0 Å². The number of aromatic hydroxyl groups is 1. The number of rotatable bonds is 4. The maximum atomic E-state index is 12.1. The van der Waals surface area contributed by atoms with Crippen LogP contribution in [0.15, 0.2) is 46.9 Å². The molecular weight excluding hydrogens is 356 g/mol. The van der Waals surface area contributed by atoms with E-state index in [9.17, 15) is 9.90 Å². The van der Waals surface area contributed by atoms with Crippen LogP contribution in [-0.4, -0.2) is 18.0 Å². The SMILES string of the molecule is COc1cc(C=CC(=O)c2cccc(Br)c2)cc(Cl)c1O. The van der Waals surface area contributed by atoms with Gasteiger partial charge in [-0.2, -0.15) is 0 Å². The highest BCUT2D eigenvalue weighted by atomic mass is 79.9. The molecule has 0 saturated heterocycles. The maximum absolute atomic E-state index is 12.1. The van der Waals surface area contributed by atoms with Crippen molar-refractivity contribution in [3.8, 4) is 11.5 Å². The summed E-state index contributed by atoms with van der Waals surface area (Å²) in [4.78, 5) is 12.1. The van der Waals surface area contributed by atoms with E-state index in [1.54, 1.807) is 36.4 Å². The first-order chi connectivity index (χ1) is 10.0. The van der Waals surface area contributed by atoms with Crippen LogP contribution in [-0.2, 0) is 0 Å². The fourth-order valence-electron chi connectivity index (χ4n) is 1.76. The predicted octanol–water partition coefficient (Wildman–Crippen LogP) is 4.71. The van der Waals surface area contributed by atoms with Gasteiger partial charge in [-0.25, -0.2) is 0 Å². The summed E-state index contributed by atoms with van der Waals surface area (Å²) < 4.78 is 5.86. The molecule has 0 amide bonds. The minimum atomic E-state index is -0.125. The second-order valence-electron chi connectivity index (χ2n) is 4.26. The van der Waals surface area contributed by atoms with Crippen LogP contribution in [0.25, 0.3) is 6.08 Å². The first-order valence-electron chi connectivity index (χ1n) is 6.05. The fraction of sp³-hybridized carbons (Fsp3) is 0.0625. The summed E-state index contributed by atoms with van der Waals surface area (Å²) in [5, 5.41) is 9.83. The fourth-order valence-corrected chi connectivity index (χ4v) is 2.37. The van der Waals surface area contributed by atoms with Crippen molar-refractivity contribution in [2.75, 3.05) is 7.11 Å². The largest absolute Gasteiger partial charge is 0.503 e. The van der Waals surface area contributed by atoms with E-state index in [2.05, 4.69) is 15.9 Å². The lowest BCUT2D eigenvalue weighted by molar-refractivity contribution is 0.104. The second-order valence-corrected chi connectivity index (χ2v) is 5.58. The molecular formula is C16H12BrClO3. The number of hydrogen-bond donors (Lipinski definition) is 1. The van der Waals surface area contributed by atoms with Crippen LogP contribution in [0.3, 0.4) is 0 Å². The molecule has 0 aromatic heterocycles. The van der Waals surface area contributed by atoms with Crippen molar-refractivity contribution in [1.82, 2.24) is 0 Å². The molecule has 3 nitrogen and oxygen atoms in total. The third kappa shape index (κ3) is 3.86. The molecule has 0 aliphatic rings. The van der Waals surface area contributed by atoms with Gasteiger partial charge in [0.2, 0.25) is 0 Å². The van der Waals surface area contributed by atoms with E-state index in [1.165, 1.54) is 13.2 Å². The number of allylic oxidation sites excluding steroid dienone is 1. The number of ketones is 1. The molecule has 2 aromatic rings. The summed E-state index contributed by atoms with van der Waals surface area (Å²) in [5.74, 6) is 0.0196. The van der Waals surface area contributed by atoms with Gasteiger partial charge in [-0.05, 0) is 35.9 Å². The number of benzene rings is 2.